The molecule has 0 aliphatic carbocycles. The van der Waals surface area contributed by atoms with Gasteiger partial charge in [-0.25, -0.2) is 0 Å². The van der Waals surface area contributed by atoms with E-state index in [-0.39, 0.29) is 0 Å². The minimum absolute atomic E-state index is 0.303. The van der Waals surface area contributed by atoms with Gasteiger partial charge >= 0.3 is 7.05 Å². The third kappa shape index (κ3) is 1.38. The van der Waals surface area contributed by atoms with Crippen LogP contribution in [-0.2, 0) is 4.79 Å². The summed E-state index contributed by atoms with van der Waals surface area (Å²) < 4.78 is 0. The van der Waals surface area contributed by atoms with Crippen LogP contribution in [0, 0.1) is 0 Å². The summed E-state index contributed by atoms with van der Waals surface area (Å²) >= 11 is 0. The first-order valence-corrected chi connectivity index (χ1v) is 3.63. The number of hydrogen-bond donors (Lipinski definition) is 1. The molecular weight excluding hydrogens is 129 g/mol. The van der Waals surface area contributed by atoms with Gasteiger partial charge in [-0.2, -0.15) is 0 Å². The second-order valence-corrected chi connectivity index (χ2v) is 2.71. The number of carbonyl (C=O) groups is 1. The van der Waals surface area contributed by atoms with Crippen molar-refractivity contribution in [3.05, 3.63) is 0 Å². The minimum Gasteiger partial charge on any atom is -0.437 e. The van der Waals surface area contributed by atoms with Crippen LogP contribution in [-0.4, -0.2) is 35.8 Å². The highest BCUT2D eigenvalue weighted by Gasteiger charge is 2.32. The van der Waals surface area contributed by atoms with Crippen LogP contribution in [0.2, 0.25) is 6.82 Å². The maximum absolute atomic E-state index is 10.1. The molecule has 1 unspecified atom stereocenters. The predicted octanol–water partition coefficient (Wildman–Crippen LogP) is -0.240. The standard InChI is InChI=1S/C6H12BNO2/c1-7(10)8-4-2-6(8)3-5-9/h5-6,10H,2-4H2,1H3. The lowest BCUT2D eigenvalue weighted by atomic mass is 9.77. The van der Waals surface area contributed by atoms with Crippen molar-refractivity contribution in [2.45, 2.75) is 25.7 Å². The Kier molecular flexibility index (Phi) is 2.46. The maximum atomic E-state index is 10.1. The fourth-order valence-electron chi connectivity index (χ4n) is 1.32. The van der Waals surface area contributed by atoms with E-state index in [1.165, 1.54) is 0 Å². The average molecular weight is 141 g/mol. The molecule has 1 heterocycles. The largest absolute Gasteiger partial charge is 0.437 e. The highest BCUT2D eigenvalue weighted by Crippen LogP contribution is 2.19. The van der Waals surface area contributed by atoms with E-state index in [1.54, 1.807) is 6.82 Å². The molecule has 1 saturated heterocycles. The van der Waals surface area contributed by atoms with Crippen LogP contribution in [0.3, 0.4) is 0 Å². The number of nitrogens with zero attached hydrogens (tertiary/aromatic N) is 1. The molecule has 0 bridgehead atoms. The van der Waals surface area contributed by atoms with Gasteiger partial charge in [0.25, 0.3) is 0 Å². The maximum Gasteiger partial charge on any atom is 0.376 e. The molecule has 0 radical (unpaired) electrons. The molecule has 4 heteroatoms. The second kappa shape index (κ2) is 3.17. The van der Waals surface area contributed by atoms with Crippen LogP contribution in [0.4, 0.5) is 0 Å². The van der Waals surface area contributed by atoms with Gasteiger partial charge < -0.3 is 14.6 Å². The number of rotatable bonds is 3. The van der Waals surface area contributed by atoms with E-state index in [9.17, 15) is 4.79 Å². The molecule has 0 aromatic rings. The van der Waals surface area contributed by atoms with Crippen LogP contribution in [0.15, 0.2) is 0 Å². The molecule has 10 heavy (non-hydrogen) atoms. The first-order chi connectivity index (χ1) is 4.75. The Bertz CT molecular complexity index is 129. The Labute approximate surface area is 61.2 Å². The predicted molar refractivity (Wildman–Crippen MR) is 39.6 cm³/mol. The summed E-state index contributed by atoms with van der Waals surface area (Å²) in [5, 5.41) is 9.08. The first kappa shape index (κ1) is 7.76. The topological polar surface area (TPSA) is 40.5 Å². The summed E-state index contributed by atoms with van der Waals surface area (Å²) in [5.74, 6) is 0. The zero-order chi connectivity index (χ0) is 7.56. The summed E-state index contributed by atoms with van der Waals surface area (Å²) in [5.41, 5.74) is 0. The monoisotopic (exact) mass is 141 g/mol. The molecule has 1 atom stereocenters. The van der Waals surface area contributed by atoms with Gasteiger partial charge in [-0.15, -0.1) is 0 Å². The molecule has 0 spiro atoms. The highest BCUT2D eigenvalue weighted by atomic mass is 16.2. The molecule has 0 aromatic carbocycles. The van der Waals surface area contributed by atoms with E-state index in [0.29, 0.717) is 12.5 Å². The molecule has 56 valence electrons. The average Bonchev–Trinajstić information content (AvgIpc) is 1.78. The summed E-state index contributed by atoms with van der Waals surface area (Å²) in [7, 11) is -0.390. The third-order valence-corrected chi connectivity index (χ3v) is 2.04. The van der Waals surface area contributed by atoms with Crippen molar-refractivity contribution in [3.8, 4) is 0 Å². The summed E-state index contributed by atoms with van der Waals surface area (Å²) in [4.78, 5) is 12.0. The molecular formula is C6H12BNO2. The Hall–Kier alpha value is -0.345. The lowest BCUT2D eigenvalue weighted by molar-refractivity contribution is -0.109. The minimum atomic E-state index is -0.390. The van der Waals surface area contributed by atoms with Crippen LogP contribution >= 0.6 is 0 Å². The summed E-state index contributed by atoms with van der Waals surface area (Å²) in [6.45, 7) is 2.66. The van der Waals surface area contributed by atoms with E-state index in [4.69, 9.17) is 5.02 Å². The molecule has 0 aromatic heterocycles. The zero-order valence-corrected chi connectivity index (χ0v) is 6.16. The second-order valence-electron chi connectivity index (χ2n) is 2.71. The molecule has 1 aliphatic heterocycles. The van der Waals surface area contributed by atoms with E-state index in [0.717, 1.165) is 19.3 Å². The molecule has 0 saturated carbocycles. The Morgan fingerprint density at radius 1 is 1.90 bits per heavy atom. The van der Waals surface area contributed by atoms with Crippen LogP contribution < -0.4 is 0 Å². The highest BCUT2D eigenvalue weighted by molar-refractivity contribution is 6.45. The molecule has 1 N–H and O–H groups in total. The van der Waals surface area contributed by atoms with Gasteiger partial charge in [-0.1, -0.05) is 0 Å². The third-order valence-electron chi connectivity index (χ3n) is 2.04. The fraction of sp³-hybridized carbons (Fsp3) is 0.833. The Morgan fingerprint density at radius 3 is 2.90 bits per heavy atom. The van der Waals surface area contributed by atoms with Crippen molar-refractivity contribution in [2.75, 3.05) is 6.54 Å². The first-order valence-electron chi connectivity index (χ1n) is 3.63. The van der Waals surface area contributed by atoms with Crippen molar-refractivity contribution in [3.63, 3.8) is 0 Å². The number of carbonyl (C=O) groups excluding carboxylic acids is 1. The molecule has 3 nitrogen and oxygen atoms in total. The van der Waals surface area contributed by atoms with Crippen molar-refractivity contribution < 1.29 is 9.82 Å². The Morgan fingerprint density at radius 2 is 2.60 bits per heavy atom. The Balaban J connectivity index is 2.28. The van der Waals surface area contributed by atoms with E-state index >= 15 is 0 Å². The van der Waals surface area contributed by atoms with Crippen LogP contribution in [0.1, 0.15) is 12.8 Å². The van der Waals surface area contributed by atoms with Crippen molar-refractivity contribution in [2.24, 2.45) is 0 Å². The van der Waals surface area contributed by atoms with Gasteiger partial charge in [-0.05, 0) is 19.8 Å². The van der Waals surface area contributed by atoms with Gasteiger partial charge in [0, 0.05) is 12.5 Å². The zero-order valence-electron chi connectivity index (χ0n) is 6.16. The molecule has 1 rings (SSSR count). The smallest absolute Gasteiger partial charge is 0.376 e. The number of aldehydes is 1. The molecule has 1 fully saturated rings. The molecule has 1 aliphatic rings. The quantitative estimate of drug-likeness (QED) is 0.435. The molecule has 0 amide bonds. The van der Waals surface area contributed by atoms with Gasteiger partial charge in [0.1, 0.15) is 6.29 Å². The van der Waals surface area contributed by atoms with Gasteiger partial charge in [0.05, 0.1) is 0 Å². The van der Waals surface area contributed by atoms with E-state index in [2.05, 4.69) is 0 Å². The SMILES string of the molecule is CB(O)N1CCC1CC=O. The van der Waals surface area contributed by atoms with Gasteiger partial charge in [0.2, 0.25) is 0 Å². The summed E-state index contributed by atoms with van der Waals surface area (Å²) in [6.07, 6.45) is 2.52. The van der Waals surface area contributed by atoms with Crippen LogP contribution in [0.5, 0.6) is 0 Å². The van der Waals surface area contributed by atoms with Gasteiger partial charge in [0.15, 0.2) is 0 Å². The summed E-state index contributed by atoms with van der Waals surface area (Å²) in [6, 6.07) is 0.303. The number of hydrogen-bond acceptors (Lipinski definition) is 3. The van der Waals surface area contributed by atoms with Crippen molar-refractivity contribution in [1.82, 2.24) is 4.81 Å². The van der Waals surface area contributed by atoms with E-state index < -0.39 is 7.05 Å². The lowest BCUT2D eigenvalue weighted by Gasteiger charge is -2.41. The van der Waals surface area contributed by atoms with Gasteiger partial charge in [-0.3, -0.25) is 0 Å². The van der Waals surface area contributed by atoms with Crippen molar-refractivity contribution >= 4 is 13.3 Å². The van der Waals surface area contributed by atoms with E-state index in [1.807, 2.05) is 4.81 Å². The van der Waals surface area contributed by atoms with Crippen molar-refractivity contribution in [1.29, 1.82) is 0 Å². The fourth-order valence-corrected chi connectivity index (χ4v) is 1.32. The normalized spacial score (nSPS) is 25.6. The lowest BCUT2D eigenvalue weighted by Crippen LogP contribution is -2.54. The van der Waals surface area contributed by atoms with Crippen LogP contribution in [0.25, 0.3) is 0 Å².